The number of aryl methyl sites for hydroxylation is 1. The lowest BCUT2D eigenvalue weighted by atomic mass is 9.85. The van der Waals surface area contributed by atoms with Gasteiger partial charge in [0.15, 0.2) is 0 Å². The quantitative estimate of drug-likeness (QED) is 0.367. The fourth-order valence-electron chi connectivity index (χ4n) is 3.01. The minimum absolute atomic E-state index is 0.178. The van der Waals surface area contributed by atoms with E-state index in [1.54, 1.807) is 12.4 Å². The van der Waals surface area contributed by atoms with Crippen LogP contribution in [0, 0.1) is 17.8 Å². The van der Waals surface area contributed by atoms with Crippen LogP contribution in [0.1, 0.15) is 39.2 Å². The van der Waals surface area contributed by atoms with Crippen molar-refractivity contribution in [1.82, 2.24) is 16.1 Å². The van der Waals surface area contributed by atoms with E-state index in [0.717, 1.165) is 5.56 Å². The first-order valence-electron chi connectivity index (χ1n) is 9.30. The van der Waals surface area contributed by atoms with Gasteiger partial charge in [-0.2, -0.15) is 0 Å². The number of likely N-dealkylation sites (N-methyl/N-ethyl adjacent to an activating group) is 1. The molecule has 0 heterocycles. The summed E-state index contributed by atoms with van der Waals surface area (Å²) < 4.78 is 0. The third-order valence-electron chi connectivity index (χ3n) is 4.63. The van der Waals surface area contributed by atoms with Gasteiger partial charge in [0.25, 0.3) is 0 Å². The molecule has 3 unspecified atom stereocenters. The van der Waals surface area contributed by atoms with Gasteiger partial charge in [0.2, 0.25) is 17.7 Å². The Morgan fingerprint density at radius 3 is 2.15 bits per heavy atom. The van der Waals surface area contributed by atoms with Gasteiger partial charge in [0.1, 0.15) is 6.04 Å². The van der Waals surface area contributed by atoms with Crippen molar-refractivity contribution in [3.05, 3.63) is 35.9 Å². The monoisotopic (exact) mass is 377 g/mol. The summed E-state index contributed by atoms with van der Waals surface area (Å²) in [6, 6.07) is 9.02. The van der Waals surface area contributed by atoms with E-state index in [2.05, 4.69) is 10.6 Å². The molecular weight excluding hydrogens is 346 g/mol. The minimum atomic E-state index is -0.711. The summed E-state index contributed by atoms with van der Waals surface area (Å²) >= 11 is 0. The predicted molar refractivity (Wildman–Crippen MR) is 103 cm³/mol. The molecule has 0 bridgehead atoms. The molecule has 1 rings (SSSR count). The maximum Gasteiger partial charge on any atom is 0.246 e. The zero-order chi connectivity index (χ0) is 20.4. The van der Waals surface area contributed by atoms with Crippen molar-refractivity contribution in [3.63, 3.8) is 0 Å². The molecule has 150 valence electrons. The number of hydrogen-bond acceptors (Lipinski definition) is 4. The van der Waals surface area contributed by atoms with E-state index in [1.165, 1.54) is 7.05 Å². The Kier molecular flexibility index (Phi) is 9.50. The van der Waals surface area contributed by atoms with Crippen molar-refractivity contribution >= 4 is 17.7 Å². The summed E-state index contributed by atoms with van der Waals surface area (Å²) in [5.41, 5.74) is 2.69. The zero-order valence-electron chi connectivity index (χ0n) is 16.5. The molecule has 0 spiro atoms. The lowest BCUT2D eigenvalue weighted by molar-refractivity contribution is -0.141. The third-order valence-corrected chi connectivity index (χ3v) is 4.63. The molecule has 1 aromatic carbocycles. The van der Waals surface area contributed by atoms with Crippen LogP contribution in [0.3, 0.4) is 0 Å². The fraction of sp³-hybridized carbons (Fsp3) is 0.550. The molecule has 0 radical (unpaired) electrons. The van der Waals surface area contributed by atoms with Gasteiger partial charge in [0, 0.05) is 18.9 Å². The summed E-state index contributed by atoms with van der Waals surface area (Å²) in [7, 11) is 1.53. The molecule has 0 aliphatic rings. The molecule has 0 saturated heterocycles. The highest BCUT2D eigenvalue weighted by Crippen LogP contribution is 2.22. The lowest BCUT2D eigenvalue weighted by Gasteiger charge is -2.26. The molecule has 0 saturated carbocycles. The highest BCUT2D eigenvalue weighted by atomic mass is 16.5. The van der Waals surface area contributed by atoms with E-state index in [-0.39, 0.29) is 17.7 Å². The van der Waals surface area contributed by atoms with E-state index in [4.69, 9.17) is 5.21 Å². The van der Waals surface area contributed by atoms with Crippen LogP contribution < -0.4 is 16.1 Å². The van der Waals surface area contributed by atoms with E-state index < -0.39 is 23.8 Å². The first-order valence-corrected chi connectivity index (χ1v) is 9.30. The van der Waals surface area contributed by atoms with Crippen LogP contribution in [-0.2, 0) is 20.8 Å². The molecule has 0 fully saturated rings. The molecule has 4 N–H and O–H groups in total. The van der Waals surface area contributed by atoms with Gasteiger partial charge in [-0.25, -0.2) is 5.48 Å². The number of benzene rings is 1. The maximum absolute atomic E-state index is 12.8. The molecule has 7 heteroatoms. The number of carbonyl (C=O) groups is 3. The number of rotatable bonds is 10. The molecule has 7 nitrogen and oxygen atoms in total. The number of amides is 3. The maximum atomic E-state index is 12.8. The average molecular weight is 377 g/mol. The summed E-state index contributed by atoms with van der Waals surface area (Å²) in [6.45, 7) is 5.50. The van der Waals surface area contributed by atoms with Crippen LogP contribution in [0.5, 0.6) is 0 Å². The minimum Gasteiger partial charge on any atom is -0.357 e. The highest BCUT2D eigenvalue weighted by molar-refractivity contribution is 5.91. The summed E-state index contributed by atoms with van der Waals surface area (Å²) in [4.78, 5) is 36.9. The van der Waals surface area contributed by atoms with Crippen LogP contribution in [0.25, 0.3) is 0 Å². The van der Waals surface area contributed by atoms with Gasteiger partial charge < -0.3 is 10.6 Å². The van der Waals surface area contributed by atoms with Crippen LogP contribution >= 0.6 is 0 Å². The first kappa shape index (κ1) is 22.6. The molecule has 3 amide bonds. The topological polar surface area (TPSA) is 108 Å². The van der Waals surface area contributed by atoms with Crippen molar-refractivity contribution < 1.29 is 19.6 Å². The van der Waals surface area contributed by atoms with Crippen molar-refractivity contribution in [2.75, 3.05) is 7.05 Å². The molecule has 27 heavy (non-hydrogen) atoms. The summed E-state index contributed by atoms with van der Waals surface area (Å²) in [5, 5.41) is 14.3. The van der Waals surface area contributed by atoms with Crippen LogP contribution in [0.2, 0.25) is 0 Å². The Labute approximate surface area is 160 Å². The van der Waals surface area contributed by atoms with Crippen LogP contribution in [0.4, 0.5) is 0 Å². The van der Waals surface area contributed by atoms with Crippen molar-refractivity contribution in [2.24, 2.45) is 17.8 Å². The number of hydroxylamine groups is 1. The normalized spacial score (nSPS) is 14.1. The standard InChI is InChI=1S/C20H31N3O4/c1-13(2)12-16(14(3)18(24)23-27)19(25)22-17(20(26)21-4)11-10-15-8-6-5-7-9-15/h5-9,13-14,16-17,27H,10-12H2,1-4H3,(H,21,26)(H,22,25)(H,23,24). The van der Waals surface area contributed by atoms with Crippen molar-refractivity contribution in [3.8, 4) is 0 Å². The third kappa shape index (κ3) is 7.38. The molecule has 1 aromatic rings. The predicted octanol–water partition coefficient (Wildman–Crippen LogP) is 1.65. The van der Waals surface area contributed by atoms with E-state index in [0.29, 0.717) is 19.3 Å². The zero-order valence-corrected chi connectivity index (χ0v) is 16.5. The smallest absolute Gasteiger partial charge is 0.246 e. The number of nitrogens with one attached hydrogen (secondary N) is 3. The van der Waals surface area contributed by atoms with E-state index in [1.807, 2.05) is 44.2 Å². The Morgan fingerprint density at radius 1 is 1.00 bits per heavy atom. The van der Waals surface area contributed by atoms with Gasteiger partial charge in [0.05, 0.1) is 0 Å². The fourth-order valence-corrected chi connectivity index (χ4v) is 3.01. The van der Waals surface area contributed by atoms with Crippen molar-refractivity contribution in [1.29, 1.82) is 0 Å². The molecular formula is C20H31N3O4. The molecule has 0 aliphatic carbocycles. The Morgan fingerprint density at radius 2 is 1.63 bits per heavy atom. The lowest BCUT2D eigenvalue weighted by Crippen LogP contribution is -2.50. The van der Waals surface area contributed by atoms with E-state index >= 15 is 0 Å². The largest absolute Gasteiger partial charge is 0.357 e. The van der Waals surface area contributed by atoms with E-state index in [9.17, 15) is 14.4 Å². The SMILES string of the molecule is CNC(=O)C(CCc1ccccc1)NC(=O)C(CC(C)C)C(C)C(=O)NO. The first-order chi connectivity index (χ1) is 12.8. The second-order valence-corrected chi connectivity index (χ2v) is 7.20. The van der Waals surface area contributed by atoms with Gasteiger partial charge in [-0.15, -0.1) is 0 Å². The van der Waals surface area contributed by atoms with Crippen LogP contribution in [0.15, 0.2) is 30.3 Å². The molecule has 0 aliphatic heterocycles. The van der Waals surface area contributed by atoms with Crippen molar-refractivity contribution in [2.45, 2.75) is 46.1 Å². The average Bonchev–Trinajstić information content (AvgIpc) is 2.67. The van der Waals surface area contributed by atoms with Gasteiger partial charge in [-0.05, 0) is 30.7 Å². The number of carbonyl (C=O) groups excluding carboxylic acids is 3. The number of hydrogen-bond donors (Lipinski definition) is 4. The molecule has 0 aromatic heterocycles. The van der Waals surface area contributed by atoms with Crippen LogP contribution in [-0.4, -0.2) is 36.0 Å². The van der Waals surface area contributed by atoms with Gasteiger partial charge >= 0.3 is 0 Å². The Balaban J connectivity index is 2.87. The summed E-state index contributed by atoms with van der Waals surface area (Å²) in [5.74, 6) is -2.42. The Bertz CT molecular complexity index is 619. The Hall–Kier alpha value is -2.41. The molecule has 3 atom stereocenters. The second kappa shape index (κ2) is 11.3. The second-order valence-electron chi connectivity index (χ2n) is 7.20. The summed E-state index contributed by atoms with van der Waals surface area (Å²) in [6.07, 6.45) is 1.56. The van der Waals surface area contributed by atoms with Gasteiger partial charge in [-0.1, -0.05) is 51.1 Å². The highest BCUT2D eigenvalue weighted by Gasteiger charge is 2.32. The van der Waals surface area contributed by atoms with Gasteiger partial charge in [-0.3, -0.25) is 19.6 Å².